The summed E-state index contributed by atoms with van der Waals surface area (Å²) in [5.41, 5.74) is -0.704. The van der Waals surface area contributed by atoms with E-state index >= 15 is 0 Å². The maximum absolute atomic E-state index is 13.0. The van der Waals surface area contributed by atoms with Crippen LogP contribution in [-0.2, 0) is 14.8 Å². The van der Waals surface area contributed by atoms with Gasteiger partial charge in [0.05, 0.1) is 42.0 Å². The number of sulfonamides is 1. The van der Waals surface area contributed by atoms with Gasteiger partial charge in [-0.05, 0) is 68.4 Å². The molecule has 2 bridgehead atoms. The maximum Gasteiger partial charge on any atom is 0.240 e. The van der Waals surface area contributed by atoms with Crippen LogP contribution in [0.15, 0.2) is 59.5 Å². The molecule has 2 heterocycles. The van der Waals surface area contributed by atoms with E-state index in [9.17, 15) is 18.6 Å². The van der Waals surface area contributed by atoms with Gasteiger partial charge in [0, 0.05) is 0 Å². The summed E-state index contributed by atoms with van der Waals surface area (Å²) in [6, 6.07) is 15.4. The fourth-order valence-electron chi connectivity index (χ4n) is 5.21. The van der Waals surface area contributed by atoms with Gasteiger partial charge in [0.25, 0.3) is 0 Å². The standard InChI is InChI=1S/C24H31NO6S/c1-23-14-18(17-6-4-3-5-7-17)15-24(16-26,31-23)13-12-21(22(23)27)25-32(28,29)20-10-8-19(30-2)9-11-20/h3-11,18,21-22,25-27H,12-16H2,1-2H3/t18-,21-,22+,23+,24+/m1/s1. The van der Waals surface area contributed by atoms with E-state index in [-0.39, 0.29) is 17.4 Å². The summed E-state index contributed by atoms with van der Waals surface area (Å²) >= 11 is 0. The van der Waals surface area contributed by atoms with Crippen LogP contribution in [0.1, 0.15) is 44.1 Å². The van der Waals surface area contributed by atoms with Gasteiger partial charge in [-0.2, -0.15) is 0 Å². The molecule has 2 fully saturated rings. The number of nitrogens with one attached hydrogen (secondary N) is 1. The Kier molecular flexibility index (Phi) is 6.35. The first-order valence-corrected chi connectivity index (χ1v) is 12.4. The van der Waals surface area contributed by atoms with Gasteiger partial charge in [-0.1, -0.05) is 30.3 Å². The molecule has 0 unspecified atom stereocenters. The third kappa shape index (κ3) is 4.43. The van der Waals surface area contributed by atoms with Gasteiger partial charge < -0.3 is 19.7 Å². The number of aliphatic hydroxyl groups excluding tert-OH is 2. The van der Waals surface area contributed by atoms with E-state index in [1.807, 2.05) is 37.3 Å². The molecule has 2 saturated heterocycles. The number of rotatable bonds is 6. The van der Waals surface area contributed by atoms with E-state index in [1.54, 1.807) is 12.1 Å². The van der Waals surface area contributed by atoms with Gasteiger partial charge in [0.1, 0.15) is 5.75 Å². The van der Waals surface area contributed by atoms with E-state index in [1.165, 1.54) is 19.2 Å². The maximum atomic E-state index is 13.0. The highest BCUT2D eigenvalue weighted by Crippen LogP contribution is 2.49. The second-order valence-corrected chi connectivity index (χ2v) is 10.9. The van der Waals surface area contributed by atoms with Gasteiger partial charge in [0.2, 0.25) is 10.0 Å². The third-order valence-electron chi connectivity index (χ3n) is 6.87. The molecule has 0 spiro atoms. The molecule has 0 aliphatic carbocycles. The highest BCUT2D eigenvalue weighted by molar-refractivity contribution is 7.89. The minimum absolute atomic E-state index is 0.0914. The SMILES string of the molecule is COc1ccc(S(=O)(=O)N[C@@H]2CC[C@@]3(CO)C[C@H](c4ccccc4)C[C@](C)(O3)[C@H]2O)cc1. The molecule has 2 aliphatic heterocycles. The van der Waals surface area contributed by atoms with E-state index < -0.39 is 33.4 Å². The second kappa shape index (κ2) is 8.76. The minimum Gasteiger partial charge on any atom is -0.497 e. The number of hydrogen-bond donors (Lipinski definition) is 3. The fourth-order valence-corrected chi connectivity index (χ4v) is 6.48. The lowest BCUT2D eigenvalue weighted by molar-refractivity contribution is -0.230. The number of benzene rings is 2. The summed E-state index contributed by atoms with van der Waals surface area (Å²) in [4.78, 5) is 0.0998. The number of ether oxygens (including phenoxy) is 2. The lowest BCUT2D eigenvalue weighted by Crippen LogP contribution is -2.58. The van der Waals surface area contributed by atoms with Crippen molar-refractivity contribution >= 4 is 10.0 Å². The van der Waals surface area contributed by atoms with Crippen molar-refractivity contribution in [2.75, 3.05) is 13.7 Å². The van der Waals surface area contributed by atoms with Crippen molar-refractivity contribution in [2.24, 2.45) is 0 Å². The van der Waals surface area contributed by atoms with Crippen LogP contribution in [0, 0.1) is 0 Å². The largest absolute Gasteiger partial charge is 0.497 e. The fraction of sp³-hybridized carbons (Fsp3) is 0.500. The average molecular weight is 462 g/mol. The smallest absolute Gasteiger partial charge is 0.240 e. The summed E-state index contributed by atoms with van der Waals surface area (Å²) < 4.78 is 40.2. The van der Waals surface area contributed by atoms with Crippen LogP contribution in [0.4, 0.5) is 0 Å². The van der Waals surface area contributed by atoms with Gasteiger partial charge in [-0.3, -0.25) is 0 Å². The predicted molar refractivity (Wildman–Crippen MR) is 120 cm³/mol. The zero-order valence-electron chi connectivity index (χ0n) is 18.4. The Morgan fingerprint density at radius 2 is 1.81 bits per heavy atom. The molecule has 2 aromatic rings. The van der Waals surface area contributed by atoms with Crippen molar-refractivity contribution in [3.05, 3.63) is 60.2 Å². The van der Waals surface area contributed by atoms with Crippen molar-refractivity contribution in [1.29, 1.82) is 0 Å². The van der Waals surface area contributed by atoms with E-state index in [0.717, 1.165) is 5.56 Å². The van der Waals surface area contributed by atoms with Crippen LogP contribution >= 0.6 is 0 Å². The molecule has 32 heavy (non-hydrogen) atoms. The summed E-state index contributed by atoms with van der Waals surface area (Å²) in [7, 11) is -2.35. The number of methoxy groups -OCH3 is 1. The summed E-state index contributed by atoms with van der Waals surface area (Å²) in [5.74, 6) is 0.652. The van der Waals surface area contributed by atoms with Crippen molar-refractivity contribution in [2.45, 2.75) is 66.8 Å². The molecule has 8 heteroatoms. The number of fused-ring (bicyclic) bond motifs is 2. The van der Waals surface area contributed by atoms with Gasteiger partial charge in [0.15, 0.2) is 0 Å². The lowest BCUT2D eigenvalue weighted by Gasteiger charge is -2.49. The Morgan fingerprint density at radius 1 is 1.12 bits per heavy atom. The molecule has 0 aromatic heterocycles. The molecule has 0 amide bonds. The van der Waals surface area contributed by atoms with E-state index in [2.05, 4.69) is 4.72 Å². The Bertz CT molecular complexity index is 1030. The van der Waals surface area contributed by atoms with Gasteiger partial charge >= 0.3 is 0 Å². The van der Waals surface area contributed by atoms with Crippen molar-refractivity contribution in [3.63, 3.8) is 0 Å². The first-order valence-electron chi connectivity index (χ1n) is 10.9. The van der Waals surface area contributed by atoms with Gasteiger partial charge in [-0.15, -0.1) is 0 Å². The van der Waals surface area contributed by atoms with Gasteiger partial charge in [-0.25, -0.2) is 13.1 Å². The second-order valence-electron chi connectivity index (χ2n) is 9.16. The quantitative estimate of drug-likeness (QED) is 0.611. The lowest BCUT2D eigenvalue weighted by atomic mass is 9.74. The molecule has 7 nitrogen and oxygen atoms in total. The predicted octanol–water partition coefficient (Wildman–Crippen LogP) is 2.58. The molecule has 174 valence electrons. The zero-order valence-corrected chi connectivity index (χ0v) is 19.2. The molecule has 0 saturated carbocycles. The zero-order chi connectivity index (χ0) is 23.0. The van der Waals surface area contributed by atoms with E-state index in [4.69, 9.17) is 9.47 Å². The monoisotopic (exact) mass is 461 g/mol. The molecule has 5 atom stereocenters. The average Bonchev–Trinajstić information content (AvgIpc) is 2.87. The Labute approximate surface area is 189 Å². The molecule has 3 N–H and O–H groups in total. The summed E-state index contributed by atoms with van der Waals surface area (Å²) in [5, 5.41) is 21.6. The van der Waals surface area contributed by atoms with Crippen LogP contribution < -0.4 is 9.46 Å². The van der Waals surface area contributed by atoms with Crippen molar-refractivity contribution in [1.82, 2.24) is 4.72 Å². The topological polar surface area (TPSA) is 105 Å². The van der Waals surface area contributed by atoms with Crippen LogP contribution in [-0.4, -0.2) is 55.7 Å². The van der Waals surface area contributed by atoms with Crippen LogP contribution in [0.3, 0.4) is 0 Å². The normalized spacial score (nSPS) is 32.8. The van der Waals surface area contributed by atoms with Crippen molar-refractivity contribution in [3.8, 4) is 5.75 Å². The van der Waals surface area contributed by atoms with Crippen LogP contribution in [0.25, 0.3) is 0 Å². The van der Waals surface area contributed by atoms with Crippen LogP contribution in [0.2, 0.25) is 0 Å². The Hall–Kier alpha value is -1.97. The molecule has 0 radical (unpaired) electrons. The molecule has 4 rings (SSSR count). The first kappa shape index (κ1) is 23.2. The number of hydrogen-bond acceptors (Lipinski definition) is 6. The first-order chi connectivity index (χ1) is 15.2. The highest BCUT2D eigenvalue weighted by Gasteiger charge is 2.55. The Balaban J connectivity index is 1.61. The molecular weight excluding hydrogens is 430 g/mol. The summed E-state index contributed by atoms with van der Waals surface area (Å²) in [6.07, 6.45) is 0.869. The third-order valence-corrected chi connectivity index (χ3v) is 8.38. The summed E-state index contributed by atoms with van der Waals surface area (Å²) in [6.45, 7) is 1.63. The van der Waals surface area contributed by atoms with Crippen LogP contribution in [0.5, 0.6) is 5.75 Å². The van der Waals surface area contributed by atoms with E-state index in [0.29, 0.717) is 31.4 Å². The Morgan fingerprint density at radius 3 is 2.44 bits per heavy atom. The highest BCUT2D eigenvalue weighted by atomic mass is 32.2. The molecular formula is C24H31NO6S. The van der Waals surface area contributed by atoms with Crippen molar-refractivity contribution < 1.29 is 28.1 Å². The minimum atomic E-state index is -3.87. The number of aliphatic hydroxyl groups is 2. The molecule has 2 aromatic carbocycles. The molecule has 2 aliphatic rings.